The van der Waals surface area contributed by atoms with E-state index in [2.05, 4.69) is 47.1 Å². The van der Waals surface area contributed by atoms with Crippen LogP contribution in [0.3, 0.4) is 0 Å². The molecule has 4 rings (SSSR count). The van der Waals surface area contributed by atoms with Gasteiger partial charge in [0, 0.05) is 12.2 Å². The first kappa shape index (κ1) is 14.5. The lowest BCUT2D eigenvalue weighted by Crippen LogP contribution is -2.32. The summed E-state index contributed by atoms with van der Waals surface area (Å²) in [5.74, 6) is 1.30. The van der Waals surface area contributed by atoms with E-state index in [1.165, 1.54) is 16.8 Å². The fraction of sp³-hybridized carbons (Fsp3) is 0.333. The van der Waals surface area contributed by atoms with E-state index in [4.69, 9.17) is 4.42 Å². The van der Waals surface area contributed by atoms with Crippen molar-refractivity contribution in [2.24, 2.45) is 0 Å². The summed E-state index contributed by atoms with van der Waals surface area (Å²) < 4.78 is 5.93. The monoisotopic (exact) mass is 325 g/mol. The minimum absolute atomic E-state index is 0.0815. The van der Waals surface area contributed by atoms with Gasteiger partial charge in [-0.1, -0.05) is 23.8 Å². The molecule has 0 radical (unpaired) electrons. The van der Waals surface area contributed by atoms with Crippen molar-refractivity contribution in [1.29, 1.82) is 0 Å². The van der Waals surface area contributed by atoms with E-state index in [0.717, 1.165) is 24.3 Å². The van der Waals surface area contributed by atoms with Gasteiger partial charge >= 0.3 is 0 Å². The van der Waals surface area contributed by atoms with Crippen LogP contribution in [0.1, 0.15) is 36.4 Å². The Hall–Kier alpha value is -2.14. The Morgan fingerprint density at radius 3 is 3.00 bits per heavy atom. The van der Waals surface area contributed by atoms with Crippen LogP contribution in [0.25, 0.3) is 10.8 Å². The molecule has 0 bridgehead atoms. The second kappa shape index (κ2) is 5.81. The molecule has 0 fully saturated rings. The molecule has 0 amide bonds. The van der Waals surface area contributed by atoms with Crippen LogP contribution in [0.4, 0.5) is 5.69 Å². The molecule has 3 aromatic rings. The summed E-state index contributed by atoms with van der Waals surface area (Å²) in [6.07, 6.45) is 2.30. The summed E-state index contributed by atoms with van der Waals surface area (Å²) in [6, 6.07) is 10.8. The van der Waals surface area contributed by atoms with Crippen LogP contribution in [0.2, 0.25) is 0 Å². The van der Waals surface area contributed by atoms with Crippen molar-refractivity contribution >= 4 is 17.0 Å². The number of aromatic nitrogens is 2. The highest BCUT2D eigenvalue weighted by Gasteiger charge is 2.26. The molecule has 0 saturated heterocycles. The summed E-state index contributed by atoms with van der Waals surface area (Å²) >= 11 is 1.62. The molecule has 0 aliphatic carbocycles. The predicted octanol–water partition coefficient (Wildman–Crippen LogP) is 4.62. The predicted molar refractivity (Wildman–Crippen MR) is 92.9 cm³/mol. The summed E-state index contributed by atoms with van der Waals surface area (Å²) in [5, 5.41) is 10.5. The van der Waals surface area contributed by atoms with Gasteiger partial charge in [-0.2, -0.15) is 0 Å². The molecule has 4 nitrogen and oxygen atoms in total. The molecule has 1 atom stereocenters. The van der Waals surface area contributed by atoms with Crippen LogP contribution in [-0.2, 0) is 6.42 Å². The van der Waals surface area contributed by atoms with Gasteiger partial charge in [0.15, 0.2) is 0 Å². The van der Waals surface area contributed by atoms with E-state index in [1.807, 2.05) is 17.5 Å². The Labute approximate surface area is 139 Å². The minimum atomic E-state index is 0.0815. The van der Waals surface area contributed by atoms with E-state index in [0.29, 0.717) is 11.8 Å². The maximum Gasteiger partial charge on any atom is 0.257 e. The lowest BCUT2D eigenvalue weighted by molar-refractivity contribution is 0.449. The SMILES string of the molecule is Cc1ccc2c(c1)CCCN2C(C)c1nnc(-c2cccs2)o1. The van der Waals surface area contributed by atoms with Crippen LogP contribution in [0.5, 0.6) is 0 Å². The summed E-state index contributed by atoms with van der Waals surface area (Å²) in [6.45, 7) is 5.31. The number of anilines is 1. The molecule has 1 aliphatic heterocycles. The zero-order valence-electron chi connectivity index (χ0n) is 13.3. The number of nitrogens with zero attached hydrogens (tertiary/aromatic N) is 3. The van der Waals surface area contributed by atoms with Crippen molar-refractivity contribution in [1.82, 2.24) is 10.2 Å². The van der Waals surface area contributed by atoms with Crippen LogP contribution < -0.4 is 4.90 Å². The molecule has 5 heteroatoms. The summed E-state index contributed by atoms with van der Waals surface area (Å²) in [7, 11) is 0. The van der Waals surface area contributed by atoms with E-state index in [9.17, 15) is 0 Å². The van der Waals surface area contributed by atoms with Gasteiger partial charge in [0.2, 0.25) is 5.89 Å². The van der Waals surface area contributed by atoms with Crippen molar-refractivity contribution in [2.75, 3.05) is 11.4 Å². The van der Waals surface area contributed by atoms with Crippen molar-refractivity contribution in [3.8, 4) is 10.8 Å². The molecular formula is C18H19N3OS. The highest BCUT2D eigenvalue weighted by molar-refractivity contribution is 7.13. The van der Waals surface area contributed by atoms with Gasteiger partial charge in [-0.3, -0.25) is 0 Å². The zero-order valence-corrected chi connectivity index (χ0v) is 14.1. The highest BCUT2D eigenvalue weighted by Crippen LogP contribution is 2.35. The third-order valence-corrected chi connectivity index (χ3v) is 5.24. The summed E-state index contributed by atoms with van der Waals surface area (Å²) in [4.78, 5) is 3.40. The molecule has 118 valence electrons. The van der Waals surface area contributed by atoms with Crippen LogP contribution >= 0.6 is 11.3 Å². The molecule has 1 aromatic carbocycles. The number of fused-ring (bicyclic) bond motifs is 1. The maximum absolute atomic E-state index is 5.93. The minimum Gasteiger partial charge on any atom is -0.418 e. The van der Waals surface area contributed by atoms with Gasteiger partial charge in [-0.05, 0) is 49.8 Å². The molecule has 3 heterocycles. The number of thiophene rings is 1. The largest absolute Gasteiger partial charge is 0.418 e. The lowest BCUT2D eigenvalue weighted by Gasteiger charge is -2.34. The van der Waals surface area contributed by atoms with Gasteiger partial charge in [-0.15, -0.1) is 21.5 Å². The van der Waals surface area contributed by atoms with Crippen molar-refractivity contribution in [3.63, 3.8) is 0 Å². The lowest BCUT2D eigenvalue weighted by atomic mass is 9.98. The van der Waals surface area contributed by atoms with Gasteiger partial charge in [0.05, 0.1) is 4.88 Å². The first-order valence-corrected chi connectivity index (χ1v) is 8.84. The van der Waals surface area contributed by atoms with Crippen molar-refractivity contribution < 1.29 is 4.42 Å². The van der Waals surface area contributed by atoms with Gasteiger partial charge in [0.25, 0.3) is 5.89 Å². The molecular weight excluding hydrogens is 306 g/mol. The molecule has 23 heavy (non-hydrogen) atoms. The first-order chi connectivity index (χ1) is 11.2. The second-order valence-corrected chi connectivity index (χ2v) is 6.98. The standard InChI is InChI=1S/C18H19N3OS/c1-12-7-8-15-14(11-12)5-3-9-21(15)13(2)17-19-20-18(22-17)16-6-4-10-23-16/h4,6-8,10-11,13H,3,5,9H2,1-2H3. The Balaban J connectivity index is 1.64. The molecule has 0 N–H and O–H groups in total. The number of hydrogen-bond acceptors (Lipinski definition) is 5. The van der Waals surface area contributed by atoms with Crippen LogP contribution in [-0.4, -0.2) is 16.7 Å². The Morgan fingerprint density at radius 2 is 2.17 bits per heavy atom. The molecule has 0 saturated carbocycles. The van der Waals surface area contributed by atoms with E-state index in [-0.39, 0.29) is 6.04 Å². The van der Waals surface area contributed by atoms with E-state index < -0.39 is 0 Å². The Morgan fingerprint density at radius 1 is 1.26 bits per heavy atom. The molecule has 1 unspecified atom stereocenters. The number of aryl methyl sites for hydroxylation is 2. The topological polar surface area (TPSA) is 42.2 Å². The quantitative estimate of drug-likeness (QED) is 0.704. The van der Waals surface area contributed by atoms with E-state index >= 15 is 0 Å². The van der Waals surface area contributed by atoms with Gasteiger partial charge in [0.1, 0.15) is 6.04 Å². The fourth-order valence-electron chi connectivity index (χ4n) is 3.19. The van der Waals surface area contributed by atoms with Crippen LogP contribution in [0.15, 0.2) is 40.1 Å². The highest BCUT2D eigenvalue weighted by atomic mass is 32.1. The smallest absolute Gasteiger partial charge is 0.257 e. The Kier molecular flexibility index (Phi) is 3.65. The average Bonchev–Trinajstić information content (AvgIpc) is 3.24. The van der Waals surface area contributed by atoms with Crippen LogP contribution in [0, 0.1) is 6.92 Å². The van der Waals surface area contributed by atoms with Gasteiger partial charge < -0.3 is 9.32 Å². The molecule has 1 aliphatic rings. The normalized spacial score (nSPS) is 15.5. The number of benzene rings is 1. The first-order valence-electron chi connectivity index (χ1n) is 7.96. The maximum atomic E-state index is 5.93. The van der Waals surface area contributed by atoms with Crippen molar-refractivity contribution in [3.05, 3.63) is 52.7 Å². The molecule has 2 aromatic heterocycles. The zero-order chi connectivity index (χ0) is 15.8. The van der Waals surface area contributed by atoms with E-state index in [1.54, 1.807) is 11.3 Å². The van der Waals surface area contributed by atoms with Gasteiger partial charge in [-0.25, -0.2) is 0 Å². The average molecular weight is 325 g/mol. The number of hydrogen-bond donors (Lipinski definition) is 0. The second-order valence-electron chi connectivity index (χ2n) is 6.03. The van der Waals surface area contributed by atoms with Crippen molar-refractivity contribution in [2.45, 2.75) is 32.7 Å². The fourth-order valence-corrected chi connectivity index (χ4v) is 3.84. The summed E-state index contributed by atoms with van der Waals surface area (Å²) in [5.41, 5.74) is 4.03. The third-order valence-electron chi connectivity index (χ3n) is 4.39. The Bertz CT molecular complexity index is 810. The molecule has 0 spiro atoms. The number of rotatable bonds is 3. The third kappa shape index (κ3) is 2.65.